The Morgan fingerprint density at radius 2 is 1.62 bits per heavy atom. The second-order valence-electron chi connectivity index (χ2n) is 4.74. The average Bonchev–Trinajstić information content (AvgIpc) is 2.33. The van der Waals surface area contributed by atoms with E-state index in [2.05, 4.69) is 33.0 Å². The maximum atomic E-state index is 12.0. The third-order valence-corrected chi connectivity index (χ3v) is 3.98. The van der Waals surface area contributed by atoms with Gasteiger partial charge in [0.1, 0.15) is 0 Å². The summed E-state index contributed by atoms with van der Waals surface area (Å²) >= 11 is 0. The van der Waals surface area contributed by atoms with Crippen molar-refractivity contribution < 1.29 is 4.79 Å². The number of nitrogens with two attached hydrogens (primary N) is 1. The highest BCUT2D eigenvalue weighted by Gasteiger charge is 2.29. The van der Waals surface area contributed by atoms with Crippen molar-refractivity contribution in [2.24, 2.45) is 11.7 Å². The number of carbonyl (C=O) groups excluding carboxylic acids is 1. The summed E-state index contributed by atoms with van der Waals surface area (Å²) in [6.07, 6.45) is 3.81. The molecule has 3 nitrogen and oxygen atoms in total. The molecule has 1 amide bonds. The van der Waals surface area contributed by atoms with Crippen LogP contribution in [-0.4, -0.2) is 17.5 Å². The zero-order valence-electron chi connectivity index (χ0n) is 11.5. The molecule has 3 heteroatoms. The molecule has 0 aromatic carbocycles. The van der Waals surface area contributed by atoms with Crippen LogP contribution in [0, 0.1) is 5.92 Å². The molecule has 96 valence electrons. The first-order chi connectivity index (χ1) is 7.46. The SMILES string of the molecule is CCC(C)C(N)C(=O)NC(CC)(CC)CC. The summed E-state index contributed by atoms with van der Waals surface area (Å²) in [4.78, 5) is 12.0. The minimum Gasteiger partial charge on any atom is -0.349 e. The minimum atomic E-state index is -0.381. The number of amides is 1. The molecule has 0 saturated heterocycles. The van der Waals surface area contributed by atoms with Crippen LogP contribution in [0.15, 0.2) is 0 Å². The summed E-state index contributed by atoms with van der Waals surface area (Å²) in [6.45, 7) is 10.4. The summed E-state index contributed by atoms with van der Waals surface area (Å²) in [5, 5.41) is 3.13. The number of hydrogen-bond donors (Lipinski definition) is 2. The van der Waals surface area contributed by atoms with Crippen LogP contribution in [0.2, 0.25) is 0 Å². The molecule has 3 N–H and O–H groups in total. The van der Waals surface area contributed by atoms with Crippen LogP contribution in [0.5, 0.6) is 0 Å². The molecule has 0 radical (unpaired) electrons. The lowest BCUT2D eigenvalue weighted by Crippen LogP contribution is -2.54. The van der Waals surface area contributed by atoms with E-state index in [1.807, 2.05) is 6.92 Å². The lowest BCUT2D eigenvalue weighted by atomic mass is 9.88. The zero-order chi connectivity index (χ0) is 12.8. The summed E-state index contributed by atoms with van der Waals surface area (Å²) in [5.74, 6) is 0.239. The molecule has 0 saturated carbocycles. The minimum absolute atomic E-state index is 0.0000926. The van der Waals surface area contributed by atoms with Gasteiger partial charge in [-0.25, -0.2) is 0 Å². The number of hydrogen-bond acceptors (Lipinski definition) is 2. The molecule has 0 fully saturated rings. The summed E-state index contributed by atoms with van der Waals surface area (Å²) in [7, 11) is 0. The quantitative estimate of drug-likeness (QED) is 0.703. The molecule has 2 atom stereocenters. The van der Waals surface area contributed by atoms with Crippen LogP contribution < -0.4 is 11.1 Å². The summed E-state index contributed by atoms with van der Waals surface area (Å²) in [6, 6.07) is -0.381. The van der Waals surface area contributed by atoms with Gasteiger partial charge in [0.05, 0.1) is 6.04 Å². The first kappa shape index (κ1) is 15.4. The van der Waals surface area contributed by atoms with E-state index in [4.69, 9.17) is 5.73 Å². The average molecular weight is 228 g/mol. The highest BCUT2D eigenvalue weighted by molar-refractivity contribution is 5.82. The molecule has 0 heterocycles. The Kier molecular flexibility index (Phi) is 6.65. The van der Waals surface area contributed by atoms with Gasteiger partial charge in [-0.2, -0.15) is 0 Å². The standard InChI is InChI=1S/C13H28N2O/c1-6-10(5)11(14)12(16)15-13(7-2,8-3)9-4/h10-11H,6-9,14H2,1-5H3,(H,15,16). The Bertz CT molecular complexity index is 204. The lowest BCUT2D eigenvalue weighted by Gasteiger charge is -2.33. The van der Waals surface area contributed by atoms with Gasteiger partial charge in [0.15, 0.2) is 0 Å². The van der Waals surface area contributed by atoms with E-state index in [0.29, 0.717) is 0 Å². The van der Waals surface area contributed by atoms with Gasteiger partial charge in [-0.1, -0.05) is 41.0 Å². The van der Waals surface area contributed by atoms with Crippen molar-refractivity contribution in [1.82, 2.24) is 5.32 Å². The van der Waals surface area contributed by atoms with Crippen molar-refractivity contribution in [3.8, 4) is 0 Å². The maximum Gasteiger partial charge on any atom is 0.237 e. The fourth-order valence-corrected chi connectivity index (χ4v) is 1.87. The zero-order valence-corrected chi connectivity index (χ0v) is 11.5. The molecule has 0 spiro atoms. The Morgan fingerprint density at radius 1 is 1.19 bits per heavy atom. The normalized spacial score (nSPS) is 15.6. The Balaban J connectivity index is 4.52. The fourth-order valence-electron chi connectivity index (χ4n) is 1.87. The second-order valence-corrected chi connectivity index (χ2v) is 4.74. The third-order valence-electron chi connectivity index (χ3n) is 3.98. The van der Waals surface area contributed by atoms with Crippen LogP contribution in [0.1, 0.15) is 60.3 Å². The monoisotopic (exact) mass is 228 g/mol. The van der Waals surface area contributed by atoms with Crippen LogP contribution in [0.3, 0.4) is 0 Å². The predicted molar refractivity (Wildman–Crippen MR) is 69.2 cm³/mol. The van der Waals surface area contributed by atoms with Gasteiger partial charge >= 0.3 is 0 Å². The Hall–Kier alpha value is -0.570. The number of rotatable bonds is 7. The van der Waals surface area contributed by atoms with E-state index in [9.17, 15) is 4.79 Å². The van der Waals surface area contributed by atoms with Crippen LogP contribution in [0.4, 0.5) is 0 Å². The smallest absolute Gasteiger partial charge is 0.237 e. The predicted octanol–water partition coefficient (Wildman–Crippen LogP) is 2.44. The van der Waals surface area contributed by atoms with Gasteiger partial charge in [-0.15, -0.1) is 0 Å². The van der Waals surface area contributed by atoms with Crippen molar-refractivity contribution in [2.75, 3.05) is 0 Å². The molecular formula is C13H28N2O. The van der Waals surface area contributed by atoms with E-state index in [1.165, 1.54) is 0 Å². The largest absolute Gasteiger partial charge is 0.349 e. The van der Waals surface area contributed by atoms with Crippen molar-refractivity contribution in [3.05, 3.63) is 0 Å². The van der Waals surface area contributed by atoms with Gasteiger partial charge in [0.2, 0.25) is 5.91 Å². The number of nitrogens with one attached hydrogen (secondary N) is 1. The fraction of sp³-hybridized carbons (Fsp3) is 0.923. The first-order valence-electron chi connectivity index (χ1n) is 6.53. The van der Waals surface area contributed by atoms with Gasteiger partial charge in [0.25, 0.3) is 0 Å². The van der Waals surface area contributed by atoms with E-state index in [-0.39, 0.29) is 23.4 Å². The molecule has 0 aliphatic carbocycles. The highest BCUT2D eigenvalue weighted by atomic mass is 16.2. The molecule has 2 unspecified atom stereocenters. The molecule has 0 aromatic rings. The van der Waals surface area contributed by atoms with E-state index in [1.54, 1.807) is 0 Å². The molecule has 16 heavy (non-hydrogen) atoms. The van der Waals surface area contributed by atoms with Crippen molar-refractivity contribution in [1.29, 1.82) is 0 Å². The van der Waals surface area contributed by atoms with E-state index < -0.39 is 0 Å². The van der Waals surface area contributed by atoms with Crippen LogP contribution in [-0.2, 0) is 4.79 Å². The number of carbonyl (C=O) groups is 1. The molecule has 0 aliphatic heterocycles. The highest BCUT2D eigenvalue weighted by Crippen LogP contribution is 2.20. The molecular weight excluding hydrogens is 200 g/mol. The first-order valence-corrected chi connectivity index (χ1v) is 6.53. The summed E-state index contributed by atoms with van der Waals surface area (Å²) < 4.78 is 0. The van der Waals surface area contributed by atoms with Gasteiger partial charge in [-0.3, -0.25) is 4.79 Å². The van der Waals surface area contributed by atoms with Crippen molar-refractivity contribution >= 4 is 5.91 Å². The van der Waals surface area contributed by atoms with Crippen LogP contribution >= 0.6 is 0 Å². The van der Waals surface area contributed by atoms with Crippen molar-refractivity contribution in [2.45, 2.75) is 71.9 Å². The second kappa shape index (κ2) is 6.89. The van der Waals surface area contributed by atoms with E-state index >= 15 is 0 Å². The van der Waals surface area contributed by atoms with Crippen molar-refractivity contribution in [3.63, 3.8) is 0 Å². The molecule has 0 aliphatic rings. The van der Waals surface area contributed by atoms with Gasteiger partial charge < -0.3 is 11.1 Å². The molecule has 0 aromatic heterocycles. The summed E-state index contributed by atoms with van der Waals surface area (Å²) in [5.41, 5.74) is 5.86. The topological polar surface area (TPSA) is 55.1 Å². The van der Waals surface area contributed by atoms with Crippen LogP contribution in [0.25, 0.3) is 0 Å². The Labute approximate surface area is 100 Å². The molecule has 0 bridgehead atoms. The van der Waals surface area contributed by atoms with E-state index in [0.717, 1.165) is 25.7 Å². The van der Waals surface area contributed by atoms with Gasteiger partial charge in [0, 0.05) is 5.54 Å². The lowest BCUT2D eigenvalue weighted by molar-refractivity contribution is -0.125. The maximum absolute atomic E-state index is 12.0. The Morgan fingerprint density at radius 3 is 1.94 bits per heavy atom. The van der Waals surface area contributed by atoms with Gasteiger partial charge in [-0.05, 0) is 25.2 Å². The molecule has 0 rings (SSSR count). The third kappa shape index (κ3) is 3.78.